The summed E-state index contributed by atoms with van der Waals surface area (Å²) in [4.78, 5) is 30.7. The third-order valence-electron chi connectivity index (χ3n) is 3.87. The van der Waals surface area contributed by atoms with Crippen LogP contribution in [0.2, 0.25) is 0 Å². The highest BCUT2D eigenvalue weighted by Gasteiger charge is 2.32. The number of nitrogens with zero attached hydrogens (tertiary/aromatic N) is 2. The highest BCUT2D eigenvalue weighted by molar-refractivity contribution is 8.26. The van der Waals surface area contributed by atoms with Crippen molar-refractivity contribution in [2.75, 3.05) is 18.5 Å². The van der Waals surface area contributed by atoms with Crippen LogP contribution in [0.1, 0.15) is 18.9 Å². The molecule has 2 heterocycles. The lowest BCUT2D eigenvalue weighted by atomic mass is 10.2. The smallest absolute Gasteiger partial charge is 0.266 e. The molecule has 1 N–H and O–H groups in total. The molecule has 1 aliphatic heterocycles. The van der Waals surface area contributed by atoms with Crippen molar-refractivity contribution in [3.8, 4) is 5.75 Å². The molecule has 8 heteroatoms. The summed E-state index contributed by atoms with van der Waals surface area (Å²) in [7, 11) is 0. The SMILES string of the molecule is CCOc1ccc(C=C2SC(=S)N(CCC(=O)Nc3cccnc3)C2=O)cc1. The monoisotopic (exact) mass is 413 g/mol. The number of hydrogen-bond donors (Lipinski definition) is 1. The van der Waals surface area contributed by atoms with Crippen LogP contribution in [0.4, 0.5) is 5.69 Å². The van der Waals surface area contributed by atoms with Crippen molar-refractivity contribution in [3.05, 3.63) is 59.3 Å². The molecule has 0 atom stereocenters. The van der Waals surface area contributed by atoms with Gasteiger partial charge in [0.1, 0.15) is 10.1 Å². The topological polar surface area (TPSA) is 71.5 Å². The number of rotatable bonds is 7. The number of carbonyl (C=O) groups excluding carboxylic acids is 2. The molecular formula is C20H19N3O3S2. The summed E-state index contributed by atoms with van der Waals surface area (Å²) < 4.78 is 5.87. The molecule has 0 aliphatic carbocycles. The van der Waals surface area contributed by atoms with Crippen LogP contribution in [0.25, 0.3) is 6.08 Å². The van der Waals surface area contributed by atoms with Gasteiger partial charge in [-0.25, -0.2) is 0 Å². The summed E-state index contributed by atoms with van der Waals surface area (Å²) in [5.41, 5.74) is 1.51. The Hall–Kier alpha value is -2.71. The normalized spacial score (nSPS) is 15.2. The van der Waals surface area contributed by atoms with E-state index in [2.05, 4.69) is 10.3 Å². The molecule has 1 aromatic carbocycles. The second-order valence-corrected chi connectivity index (χ2v) is 7.55. The van der Waals surface area contributed by atoms with Crippen LogP contribution in [-0.2, 0) is 9.59 Å². The van der Waals surface area contributed by atoms with Crippen LogP contribution in [-0.4, -0.2) is 39.2 Å². The second-order valence-electron chi connectivity index (χ2n) is 5.88. The lowest BCUT2D eigenvalue weighted by Gasteiger charge is -2.14. The van der Waals surface area contributed by atoms with E-state index in [1.165, 1.54) is 16.7 Å². The molecule has 0 bridgehead atoms. The van der Waals surface area contributed by atoms with E-state index in [0.717, 1.165) is 11.3 Å². The van der Waals surface area contributed by atoms with E-state index in [1.807, 2.05) is 31.2 Å². The summed E-state index contributed by atoms with van der Waals surface area (Å²) in [6, 6.07) is 11.0. The molecule has 144 valence electrons. The molecule has 2 aromatic rings. The Morgan fingerprint density at radius 3 is 2.79 bits per heavy atom. The number of nitrogens with one attached hydrogen (secondary N) is 1. The quantitative estimate of drug-likeness (QED) is 0.551. The van der Waals surface area contributed by atoms with Crippen LogP contribution >= 0.6 is 24.0 Å². The third kappa shape index (κ3) is 5.17. The zero-order valence-electron chi connectivity index (χ0n) is 15.3. The van der Waals surface area contributed by atoms with Crippen molar-refractivity contribution in [3.63, 3.8) is 0 Å². The highest BCUT2D eigenvalue weighted by atomic mass is 32.2. The second kappa shape index (κ2) is 9.48. The van der Waals surface area contributed by atoms with Crippen LogP contribution in [0, 0.1) is 0 Å². The van der Waals surface area contributed by atoms with Gasteiger partial charge in [-0.05, 0) is 42.8 Å². The minimum Gasteiger partial charge on any atom is -0.494 e. The fourth-order valence-corrected chi connectivity index (χ4v) is 3.85. The van der Waals surface area contributed by atoms with Gasteiger partial charge in [-0.2, -0.15) is 0 Å². The molecular weight excluding hydrogens is 394 g/mol. The van der Waals surface area contributed by atoms with Gasteiger partial charge in [0.25, 0.3) is 5.91 Å². The Labute approximate surface area is 173 Å². The molecule has 1 saturated heterocycles. The predicted octanol–water partition coefficient (Wildman–Crippen LogP) is 3.71. The first-order valence-corrected chi connectivity index (χ1v) is 9.97. The highest BCUT2D eigenvalue weighted by Crippen LogP contribution is 2.32. The molecule has 3 rings (SSSR count). The van der Waals surface area contributed by atoms with Gasteiger partial charge in [0, 0.05) is 19.2 Å². The van der Waals surface area contributed by atoms with Gasteiger partial charge in [-0.3, -0.25) is 19.5 Å². The van der Waals surface area contributed by atoms with Crippen LogP contribution in [0.15, 0.2) is 53.7 Å². The van der Waals surface area contributed by atoms with Crippen molar-refractivity contribution < 1.29 is 14.3 Å². The van der Waals surface area contributed by atoms with E-state index in [9.17, 15) is 9.59 Å². The number of thioether (sulfide) groups is 1. The Balaban J connectivity index is 1.59. The minimum absolute atomic E-state index is 0.150. The van der Waals surface area contributed by atoms with Gasteiger partial charge >= 0.3 is 0 Å². The minimum atomic E-state index is -0.197. The summed E-state index contributed by atoms with van der Waals surface area (Å²) in [6.07, 6.45) is 5.14. The number of aromatic nitrogens is 1. The van der Waals surface area contributed by atoms with Crippen molar-refractivity contribution in [2.45, 2.75) is 13.3 Å². The van der Waals surface area contributed by atoms with E-state index in [0.29, 0.717) is 21.5 Å². The molecule has 1 aromatic heterocycles. The van der Waals surface area contributed by atoms with Crippen molar-refractivity contribution in [1.29, 1.82) is 0 Å². The fourth-order valence-electron chi connectivity index (χ4n) is 2.54. The van der Waals surface area contributed by atoms with Gasteiger partial charge in [0.2, 0.25) is 5.91 Å². The molecule has 0 radical (unpaired) electrons. The Kier molecular flexibility index (Phi) is 6.78. The maximum Gasteiger partial charge on any atom is 0.266 e. The predicted molar refractivity (Wildman–Crippen MR) is 115 cm³/mol. The van der Waals surface area contributed by atoms with E-state index in [4.69, 9.17) is 17.0 Å². The average Bonchev–Trinajstić information content (AvgIpc) is 2.95. The molecule has 1 fully saturated rings. The Bertz CT molecular complexity index is 899. The number of amides is 2. The van der Waals surface area contributed by atoms with Gasteiger partial charge in [0.15, 0.2) is 0 Å². The molecule has 6 nitrogen and oxygen atoms in total. The van der Waals surface area contributed by atoms with Crippen LogP contribution in [0.5, 0.6) is 5.75 Å². The first-order chi connectivity index (χ1) is 13.6. The third-order valence-corrected chi connectivity index (χ3v) is 5.25. The number of pyridine rings is 1. The lowest BCUT2D eigenvalue weighted by molar-refractivity contribution is -0.122. The zero-order chi connectivity index (χ0) is 19.9. The number of benzene rings is 1. The number of thiocarbonyl (C=S) groups is 1. The summed E-state index contributed by atoms with van der Waals surface area (Å²) in [5, 5.41) is 2.75. The Morgan fingerprint density at radius 2 is 2.11 bits per heavy atom. The van der Waals surface area contributed by atoms with Gasteiger partial charge in [0.05, 0.1) is 23.4 Å². The molecule has 2 amide bonds. The Morgan fingerprint density at radius 1 is 1.32 bits per heavy atom. The van der Waals surface area contributed by atoms with E-state index < -0.39 is 0 Å². The summed E-state index contributed by atoms with van der Waals surface area (Å²) >= 11 is 6.56. The fraction of sp³-hybridized carbons (Fsp3) is 0.200. The van der Waals surface area contributed by atoms with E-state index >= 15 is 0 Å². The van der Waals surface area contributed by atoms with Crippen molar-refractivity contribution >= 4 is 51.9 Å². The first-order valence-electron chi connectivity index (χ1n) is 8.75. The molecule has 0 spiro atoms. The standard InChI is InChI=1S/C20H19N3O3S2/c1-2-26-16-7-5-14(6-8-16)12-17-19(25)23(20(27)28-17)11-9-18(24)22-15-4-3-10-21-13-15/h3-8,10,12-13H,2,9,11H2,1H3,(H,22,24). The van der Waals surface area contributed by atoms with E-state index in [1.54, 1.807) is 30.6 Å². The largest absolute Gasteiger partial charge is 0.494 e. The number of anilines is 1. The van der Waals surface area contributed by atoms with Crippen molar-refractivity contribution in [1.82, 2.24) is 9.88 Å². The van der Waals surface area contributed by atoms with Gasteiger partial charge in [-0.15, -0.1) is 0 Å². The number of hydrogen-bond acceptors (Lipinski definition) is 6. The van der Waals surface area contributed by atoms with Crippen LogP contribution < -0.4 is 10.1 Å². The van der Waals surface area contributed by atoms with E-state index in [-0.39, 0.29) is 24.8 Å². The maximum absolute atomic E-state index is 12.6. The first kappa shape index (κ1) is 20.0. The summed E-state index contributed by atoms with van der Waals surface area (Å²) in [5.74, 6) is 0.405. The maximum atomic E-state index is 12.6. The zero-order valence-corrected chi connectivity index (χ0v) is 16.9. The van der Waals surface area contributed by atoms with Crippen molar-refractivity contribution in [2.24, 2.45) is 0 Å². The molecule has 1 aliphatic rings. The van der Waals surface area contributed by atoms with Gasteiger partial charge in [-0.1, -0.05) is 36.1 Å². The number of carbonyl (C=O) groups is 2. The van der Waals surface area contributed by atoms with Gasteiger partial charge < -0.3 is 10.1 Å². The average molecular weight is 414 g/mol. The summed E-state index contributed by atoms with van der Waals surface area (Å²) in [6.45, 7) is 2.76. The molecule has 0 unspecified atom stereocenters. The lowest BCUT2D eigenvalue weighted by Crippen LogP contribution is -2.31. The molecule has 0 saturated carbocycles. The molecule has 28 heavy (non-hydrogen) atoms. The number of ether oxygens (including phenoxy) is 1. The van der Waals surface area contributed by atoms with Crippen LogP contribution in [0.3, 0.4) is 0 Å².